The van der Waals surface area contributed by atoms with Gasteiger partial charge in [0.2, 0.25) is 11.6 Å². The van der Waals surface area contributed by atoms with Gasteiger partial charge in [0.25, 0.3) is 0 Å². The first-order valence-corrected chi connectivity index (χ1v) is 10.7. The fraction of sp³-hybridized carbons (Fsp3) is 0. The lowest BCUT2D eigenvalue weighted by atomic mass is 10.1. The van der Waals surface area contributed by atoms with E-state index in [0.717, 1.165) is 21.4 Å². The van der Waals surface area contributed by atoms with Crippen molar-refractivity contribution in [3.63, 3.8) is 0 Å². The van der Waals surface area contributed by atoms with Crippen LogP contribution in [0.4, 0.5) is 8.78 Å². The van der Waals surface area contributed by atoms with Crippen LogP contribution in [0.3, 0.4) is 0 Å². The van der Waals surface area contributed by atoms with E-state index in [-0.39, 0.29) is 11.5 Å². The third-order valence-corrected chi connectivity index (χ3v) is 6.15. The number of H-pyrrole nitrogens is 2. The third kappa shape index (κ3) is 3.12. The highest BCUT2D eigenvalue weighted by molar-refractivity contribution is 9.10. The van der Waals surface area contributed by atoms with Gasteiger partial charge in [-0.1, -0.05) is 28.1 Å². The Morgan fingerprint density at radius 3 is 2.70 bits per heavy atom. The smallest absolute Gasteiger partial charge is 0.214 e. The predicted molar refractivity (Wildman–Crippen MR) is 123 cm³/mol. The second-order valence-corrected chi connectivity index (χ2v) is 8.34. The molecular formula is C24H13BrF2N4O2. The van der Waals surface area contributed by atoms with E-state index < -0.39 is 11.6 Å². The van der Waals surface area contributed by atoms with Gasteiger partial charge in [-0.2, -0.15) is 9.49 Å². The van der Waals surface area contributed by atoms with Crippen molar-refractivity contribution >= 4 is 49.3 Å². The number of imidazole rings is 1. The van der Waals surface area contributed by atoms with Crippen LogP contribution in [0.15, 0.2) is 71.3 Å². The van der Waals surface area contributed by atoms with Gasteiger partial charge in [-0.3, -0.25) is 4.79 Å². The molecule has 6 nitrogen and oxygen atoms in total. The van der Waals surface area contributed by atoms with Crippen molar-refractivity contribution in [3.8, 4) is 11.5 Å². The molecule has 0 aliphatic heterocycles. The number of fused-ring (bicyclic) bond motifs is 4. The molecule has 3 aromatic heterocycles. The Kier molecular flexibility index (Phi) is 4.34. The standard InChI is InChI=1S/C24H13BrF2N4O2/c25-15-3-1-5-17-13(15)10-19(29-17)23(32)14-11-28-31-20-8-7-12(9-18(20)30-24(14)31)33-21-6-2-4-16(26)22(21)27/h1-11,29-30H. The van der Waals surface area contributed by atoms with Crippen LogP contribution in [0.5, 0.6) is 11.5 Å². The van der Waals surface area contributed by atoms with E-state index in [9.17, 15) is 13.6 Å². The first-order valence-electron chi connectivity index (χ1n) is 9.93. The van der Waals surface area contributed by atoms with E-state index in [0.29, 0.717) is 33.7 Å². The number of benzene rings is 3. The lowest BCUT2D eigenvalue weighted by molar-refractivity contribution is 0.103. The molecule has 0 saturated heterocycles. The van der Waals surface area contributed by atoms with Crippen LogP contribution in [-0.4, -0.2) is 25.4 Å². The maximum Gasteiger partial charge on any atom is 0.214 e. The minimum Gasteiger partial charge on any atom is -0.454 e. The van der Waals surface area contributed by atoms with Gasteiger partial charge in [-0.05, 0) is 42.5 Å². The predicted octanol–water partition coefficient (Wildman–Crippen LogP) is 6.36. The van der Waals surface area contributed by atoms with Gasteiger partial charge < -0.3 is 14.7 Å². The average molecular weight is 507 g/mol. The summed E-state index contributed by atoms with van der Waals surface area (Å²) < 4.78 is 35.5. The van der Waals surface area contributed by atoms with Crippen LogP contribution in [0.25, 0.3) is 27.6 Å². The zero-order valence-electron chi connectivity index (χ0n) is 16.7. The molecule has 0 fully saturated rings. The van der Waals surface area contributed by atoms with Crippen LogP contribution in [0.2, 0.25) is 0 Å². The van der Waals surface area contributed by atoms with Gasteiger partial charge in [0, 0.05) is 21.4 Å². The molecule has 0 radical (unpaired) electrons. The number of hydrogen-bond acceptors (Lipinski definition) is 3. The van der Waals surface area contributed by atoms with E-state index >= 15 is 0 Å². The van der Waals surface area contributed by atoms with Gasteiger partial charge in [0.1, 0.15) is 11.4 Å². The molecule has 0 amide bonds. The number of hydrogen-bond donors (Lipinski definition) is 2. The molecule has 9 heteroatoms. The first kappa shape index (κ1) is 19.7. The molecule has 3 aromatic carbocycles. The second kappa shape index (κ2) is 7.28. The third-order valence-electron chi connectivity index (χ3n) is 5.46. The van der Waals surface area contributed by atoms with E-state index in [1.807, 2.05) is 18.2 Å². The number of carbonyl (C=O) groups excluding carboxylic acids is 1. The van der Waals surface area contributed by atoms with Crippen LogP contribution in [-0.2, 0) is 0 Å². The van der Waals surface area contributed by atoms with Gasteiger partial charge >= 0.3 is 0 Å². The van der Waals surface area contributed by atoms with Crippen molar-refractivity contribution < 1.29 is 18.3 Å². The molecule has 3 heterocycles. The normalized spacial score (nSPS) is 11.6. The van der Waals surface area contributed by atoms with E-state index in [4.69, 9.17) is 4.74 Å². The summed E-state index contributed by atoms with van der Waals surface area (Å²) in [4.78, 5) is 19.6. The summed E-state index contributed by atoms with van der Waals surface area (Å²) in [6.07, 6.45) is 1.51. The zero-order chi connectivity index (χ0) is 22.7. The highest BCUT2D eigenvalue weighted by Gasteiger charge is 2.20. The Bertz CT molecular complexity index is 1720. The molecule has 0 bridgehead atoms. The number of nitrogens with zero attached hydrogens (tertiary/aromatic N) is 2. The fourth-order valence-electron chi connectivity index (χ4n) is 3.88. The molecule has 0 saturated carbocycles. The number of aromatic amines is 2. The number of nitrogens with one attached hydrogen (secondary N) is 2. The minimum absolute atomic E-state index is 0.210. The number of rotatable bonds is 4. The first-order chi connectivity index (χ1) is 16.0. The quantitative estimate of drug-likeness (QED) is 0.273. The molecule has 2 N–H and O–H groups in total. The van der Waals surface area contributed by atoms with Gasteiger partial charge in [-0.25, -0.2) is 8.91 Å². The molecule has 162 valence electrons. The number of halogens is 3. The minimum atomic E-state index is -1.06. The molecule has 6 rings (SSSR count). The lowest BCUT2D eigenvalue weighted by Gasteiger charge is -2.07. The van der Waals surface area contributed by atoms with E-state index in [1.165, 1.54) is 18.3 Å². The van der Waals surface area contributed by atoms with E-state index in [1.54, 1.807) is 28.8 Å². The van der Waals surface area contributed by atoms with Crippen molar-refractivity contribution in [1.82, 2.24) is 19.6 Å². The number of carbonyl (C=O) groups is 1. The van der Waals surface area contributed by atoms with Crippen LogP contribution in [0.1, 0.15) is 16.1 Å². The average Bonchev–Trinajstić information content (AvgIpc) is 3.50. The molecular weight excluding hydrogens is 494 g/mol. The lowest BCUT2D eigenvalue weighted by Crippen LogP contribution is -2.01. The van der Waals surface area contributed by atoms with Crippen molar-refractivity contribution in [2.45, 2.75) is 0 Å². The topological polar surface area (TPSA) is 75.2 Å². The van der Waals surface area contributed by atoms with Gasteiger partial charge in [-0.15, -0.1) is 0 Å². The Hall–Kier alpha value is -3.98. The number of aromatic nitrogens is 4. The SMILES string of the molecule is O=C(c1cc2c(Br)cccc2[nH]1)c1cnn2c1[nH]c1cc(Oc3cccc(F)c3F)ccc12. The summed E-state index contributed by atoms with van der Waals surface area (Å²) in [7, 11) is 0. The van der Waals surface area contributed by atoms with Crippen molar-refractivity contribution in [3.05, 3.63) is 94.2 Å². The summed E-state index contributed by atoms with van der Waals surface area (Å²) in [5, 5.41) is 5.26. The summed E-state index contributed by atoms with van der Waals surface area (Å²) in [6, 6.07) is 16.2. The maximum atomic E-state index is 14.0. The van der Waals surface area contributed by atoms with Crippen LogP contribution >= 0.6 is 15.9 Å². The Morgan fingerprint density at radius 1 is 1.00 bits per heavy atom. The largest absolute Gasteiger partial charge is 0.454 e. The summed E-state index contributed by atoms with van der Waals surface area (Å²) in [5.41, 5.74) is 3.53. The molecule has 0 spiro atoms. The monoisotopic (exact) mass is 506 g/mol. The van der Waals surface area contributed by atoms with Gasteiger partial charge in [0.05, 0.1) is 28.5 Å². The van der Waals surface area contributed by atoms with Crippen molar-refractivity contribution in [2.75, 3.05) is 0 Å². The molecule has 6 aromatic rings. The fourth-order valence-corrected chi connectivity index (χ4v) is 4.36. The van der Waals surface area contributed by atoms with Crippen LogP contribution < -0.4 is 4.74 Å². The highest BCUT2D eigenvalue weighted by atomic mass is 79.9. The molecule has 33 heavy (non-hydrogen) atoms. The molecule has 0 aliphatic rings. The molecule has 0 unspecified atom stereocenters. The van der Waals surface area contributed by atoms with Crippen LogP contribution in [0, 0.1) is 11.6 Å². The van der Waals surface area contributed by atoms with Gasteiger partial charge in [0.15, 0.2) is 11.6 Å². The molecule has 0 atom stereocenters. The number of ether oxygens (including phenoxy) is 1. The number of ketones is 1. The summed E-state index contributed by atoms with van der Waals surface area (Å²) in [6.45, 7) is 0. The Morgan fingerprint density at radius 2 is 1.85 bits per heavy atom. The zero-order valence-corrected chi connectivity index (χ0v) is 18.3. The summed E-state index contributed by atoms with van der Waals surface area (Å²) in [5.74, 6) is -2.16. The maximum absolute atomic E-state index is 14.0. The van der Waals surface area contributed by atoms with Crippen molar-refractivity contribution in [1.29, 1.82) is 0 Å². The Balaban J connectivity index is 1.40. The second-order valence-electron chi connectivity index (χ2n) is 7.49. The van der Waals surface area contributed by atoms with E-state index in [2.05, 4.69) is 31.0 Å². The Labute approximate surface area is 192 Å². The van der Waals surface area contributed by atoms with Crippen molar-refractivity contribution in [2.24, 2.45) is 0 Å². The summed E-state index contributed by atoms with van der Waals surface area (Å²) >= 11 is 3.50. The highest BCUT2D eigenvalue weighted by Crippen LogP contribution is 2.30. The molecule has 0 aliphatic carbocycles.